The molecule has 2 aromatic carbocycles. The fourth-order valence-corrected chi connectivity index (χ4v) is 2.59. The van der Waals surface area contributed by atoms with Gasteiger partial charge in [-0.3, -0.25) is 0 Å². The Morgan fingerprint density at radius 2 is 1.38 bits per heavy atom. The molecule has 0 aliphatic carbocycles. The van der Waals surface area contributed by atoms with Gasteiger partial charge in [0.15, 0.2) is 23.0 Å². The van der Waals surface area contributed by atoms with Crippen molar-refractivity contribution in [2.75, 3.05) is 35.5 Å². The molecule has 0 fully saturated rings. The third-order valence-corrected chi connectivity index (χ3v) is 3.97. The lowest BCUT2D eigenvalue weighted by molar-refractivity contribution is 0.0599. The molecule has 0 unspecified atom stereocenters. The lowest BCUT2D eigenvalue weighted by Gasteiger charge is -2.14. The normalized spacial score (nSPS) is 10.2. The van der Waals surface area contributed by atoms with E-state index in [1.807, 2.05) is 24.6 Å². The number of rotatable bonds is 8. The maximum atomic E-state index is 12.1. The van der Waals surface area contributed by atoms with Crippen molar-refractivity contribution >= 4 is 5.97 Å². The highest BCUT2D eigenvalue weighted by atomic mass is 16.5. The fourth-order valence-electron chi connectivity index (χ4n) is 2.59. The summed E-state index contributed by atoms with van der Waals surface area (Å²) in [5.74, 6) is 1.89. The topological polar surface area (TPSA) is 63.2 Å². The molecule has 2 rings (SSSR count). The predicted molar refractivity (Wildman–Crippen MR) is 97.5 cm³/mol. The smallest absolute Gasteiger partial charge is 0.338 e. The molecule has 0 aliphatic heterocycles. The molecule has 1 radical (unpaired) electrons. The quantitative estimate of drug-likeness (QED) is 0.674. The molecule has 0 saturated carbocycles. The minimum absolute atomic E-state index is 0.408. The summed E-state index contributed by atoms with van der Waals surface area (Å²) in [5.41, 5.74) is 2.11. The van der Waals surface area contributed by atoms with Gasteiger partial charge in [-0.2, -0.15) is 0 Å². The van der Waals surface area contributed by atoms with E-state index in [9.17, 15) is 4.79 Å². The molecule has 6 heteroatoms. The van der Waals surface area contributed by atoms with E-state index in [0.717, 1.165) is 5.56 Å². The SMILES string of the molecule is COC(=O)c1cc(OC)c(OC)cc1[CH]Cc1ccc(OC)c(OC)c1. The first-order valence-corrected chi connectivity index (χ1v) is 7.96. The van der Waals surface area contributed by atoms with Crippen LogP contribution in [0.3, 0.4) is 0 Å². The highest BCUT2D eigenvalue weighted by Gasteiger charge is 2.17. The Hall–Kier alpha value is -2.89. The Labute approximate surface area is 153 Å². The largest absolute Gasteiger partial charge is 0.493 e. The van der Waals surface area contributed by atoms with Gasteiger partial charge < -0.3 is 23.7 Å². The van der Waals surface area contributed by atoms with E-state index in [4.69, 9.17) is 23.7 Å². The second-order valence-corrected chi connectivity index (χ2v) is 5.38. The summed E-state index contributed by atoms with van der Waals surface area (Å²) in [6.45, 7) is 0. The molecule has 0 N–H and O–H groups in total. The molecular weight excluding hydrogens is 336 g/mol. The van der Waals surface area contributed by atoms with Crippen LogP contribution in [-0.4, -0.2) is 41.5 Å². The van der Waals surface area contributed by atoms with E-state index in [0.29, 0.717) is 40.5 Å². The molecule has 0 heterocycles. The average Bonchev–Trinajstić information content (AvgIpc) is 2.70. The molecule has 0 aromatic heterocycles. The van der Waals surface area contributed by atoms with Crippen LogP contribution in [0.4, 0.5) is 0 Å². The van der Waals surface area contributed by atoms with Crippen molar-refractivity contribution in [1.82, 2.24) is 0 Å². The third-order valence-electron chi connectivity index (χ3n) is 3.97. The number of esters is 1. The van der Waals surface area contributed by atoms with Gasteiger partial charge in [0.05, 0.1) is 41.1 Å². The molecule has 0 saturated heterocycles. The minimum Gasteiger partial charge on any atom is -0.493 e. The molecule has 139 valence electrons. The van der Waals surface area contributed by atoms with Crippen LogP contribution in [0.15, 0.2) is 30.3 Å². The van der Waals surface area contributed by atoms with E-state index < -0.39 is 5.97 Å². The average molecular weight is 359 g/mol. The summed E-state index contributed by atoms with van der Waals surface area (Å²) in [4.78, 5) is 12.1. The van der Waals surface area contributed by atoms with Gasteiger partial charge in [0.2, 0.25) is 0 Å². The zero-order valence-electron chi connectivity index (χ0n) is 15.6. The fraction of sp³-hybridized carbons (Fsp3) is 0.300. The Balaban J connectivity index is 2.32. The monoisotopic (exact) mass is 359 g/mol. The van der Waals surface area contributed by atoms with Gasteiger partial charge in [-0.25, -0.2) is 4.79 Å². The summed E-state index contributed by atoms with van der Waals surface area (Å²) in [7, 11) is 7.60. The van der Waals surface area contributed by atoms with Crippen molar-refractivity contribution in [2.24, 2.45) is 0 Å². The lowest BCUT2D eigenvalue weighted by Crippen LogP contribution is -2.07. The summed E-state index contributed by atoms with van der Waals surface area (Å²) in [6, 6.07) is 9.05. The minimum atomic E-state index is -0.440. The summed E-state index contributed by atoms with van der Waals surface area (Å²) < 4.78 is 26.0. The van der Waals surface area contributed by atoms with Crippen molar-refractivity contribution < 1.29 is 28.5 Å². The van der Waals surface area contributed by atoms with Gasteiger partial charge in [-0.1, -0.05) is 6.07 Å². The Kier molecular flexibility index (Phi) is 6.72. The maximum absolute atomic E-state index is 12.1. The van der Waals surface area contributed by atoms with Crippen molar-refractivity contribution in [3.05, 3.63) is 53.4 Å². The molecule has 0 atom stereocenters. The highest BCUT2D eigenvalue weighted by Crippen LogP contribution is 2.33. The number of ether oxygens (including phenoxy) is 5. The second kappa shape index (κ2) is 8.99. The van der Waals surface area contributed by atoms with Crippen LogP contribution >= 0.6 is 0 Å². The van der Waals surface area contributed by atoms with E-state index in [-0.39, 0.29) is 0 Å². The number of hydrogen-bond acceptors (Lipinski definition) is 6. The van der Waals surface area contributed by atoms with Gasteiger partial charge in [-0.15, -0.1) is 0 Å². The van der Waals surface area contributed by atoms with Gasteiger partial charge in [0.1, 0.15) is 0 Å². The van der Waals surface area contributed by atoms with Gasteiger partial charge >= 0.3 is 5.97 Å². The molecule has 0 bridgehead atoms. The zero-order valence-corrected chi connectivity index (χ0v) is 15.6. The first-order chi connectivity index (χ1) is 12.6. The van der Waals surface area contributed by atoms with Crippen molar-refractivity contribution in [1.29, 1.82) is 0 Å². The van der Waals surface area contributed by atoms with E-state index in [1.54, 1.807) is 33.5 Å². The van der Waals surface area contributed by atoms with Gasteiger partial charge in [0, 0.05) is 0 Å². The Morgan fingerprint density at radius 3 is 1.96 bits per heavy atom. The Morgan fingerprint density at radius 1 is 0.808 bits per heavy atom. The number of carbonyl (C=O) groups is 1. The van der Waals surface area contributed by atoms with E-state index in [2.05, 4.69) is 0 Å². The van der Waals surface area contributed by atoms with Crippen LogP contribution in [0, 0.1) is 6.42 Å². The summed E-state index contributed by atoms with van der Waals surface area (Å²) >= 11 is 0. The van der Waals surface area contributed by atoms with Crippen molar-refractivity contribution in [3.63, 3.8) is 0 Å². The molecule has 0 aliphatic rings. The van der Waals surface area contributed by atoms with Gasteiger partial charge in [0.25, 0.3) is 0 Å². The molecule has 0 amide bonds. The number of benzene rings is 2. The standard InChI is InChI=1S/C20H23O6/c1-22-16-9-7-13(10-17(16)23-2)6-8-14-11-18(24-3)19(25-4)12-15(14)20(21)26-5/h7-12H,6H2,1-5H3. The van der Waals surface area contributed by atoms with E-state index >= 15 is 0 Å². The highest BCUT2D eigenvalue weighted by molar-refractivity contribution is 5.92. The van der Waals surface area contributed by atoms with Crippen LogP contribution in [-0.2, 0) is 11.2 Å². The number of carbonyl (C=O) groups excluding carboxylic acids is 1. The number of methoxy groups -OCH3 is 5. The summed E-state index contributed by atoms with van der Waals surface area (Å²) in [6.07, 6.45) is 2.51. The molecular formula is C20H23O6. The van der Waals surface area contributed by atoms with Crippen molar-refractivity contribution in [3.8, 4) is 23.0 Å². The predicted octanol–water partition coefficient (Wildman–Crippen LogP) is 3.30. The van der Waals surface area contributed by atoms with Gasteiger partial charge in [-0.05, 0) is 48.2 Å². The molecule has 2 aromatic rings. The zero-order chi connectivity index (χ0) is 19.1. The summed E-state index contributed by atoms with van der Waals surface area (Å²) in [5, 5.41) is 0. The number of hydrogen-bond donors (Lipinski definition) is 0. The maximum Gasteiger partial charge on any atom is 0.338 e. The van der Waals surface area contributed by atoms with Crippen LogP contribution in [0.25, 0.3) is 0 Å². The van der Waals surface area contributed by atoms with Crippen LogP contribution in [0.1, 0.15) is 21.5 Å². The molecule has 6 nitrogen and oxygen atoms in total. The van der Waals surface area contributed by atoms with Crippen molar-refractivity contribution in [2.45, 2.75) is 6.42 Å². The first kappa shape index (κ1) is 19.4. The second-order valence-electron chi connectivity index (χ2n) is 5.38. The van der Waals surface area contributed by atoms with E-state index in [1.165, 1.54) is 14.2 Å². The van der Waals surface area contributed by atoms with Crippen LogP contribution in [0.2, 0.25) is 0 Å². The molecule has 0 spiro atoms. The third kappa shape index (κ3) is 4.20. The van der Waals surface area contributed by atoms with Crippen LogP contribution in [0.5, 0.6) is 23.0 Å². The van der Waals surface area contributed by atoms with Crippen LogP contribution < -0.4 is 18.9 Å². The Bertz CT molecular complexity index is 769. The molecule has 26 heavy (non-hydrogen) atoms. The lowest BCUT2D eigenvalue weighted by atomic mass is 9.98. The first-order valence-electron chi connectivity index (χ1n) is 7.96.